The number of methoxy groups -OCH3 is 1. The Balaban J connectivity index is 2.95. The summed E-state index contributed by atoms with van der Waals surface area (Å²) in [5.74, 6) is 0. The molecular weight excluding hydrogens is 244 g/mol. The molecule has 1 atom stereocenters. The third-order valence-corrected chi connectivity index (χ3v) is 2.56. The van der Waals surface area contributed by atoms with Crippen LogP contribution in [0.4, 0.5) is 0 Å². The number of benzene rings is 1. The first kappa shape index (κ1) is 11.2. The molecule has 2 N–H and O–H groups in total. The second kappa shape index (κ2) is 5.11. The molecule has 0 aromatic heterocycles. The molecule has 0 saturated heterocycles. The first-order chi connectivity index (χ1) is 6.69. The second-order valence-electron chi connectivity index (χ2n) is 2.91. The van der Waals surface area contributed by atoms with Crippen LogP contribution >= 0.6 is 15.9 Å². The summed E-state index contributed by atoms with van der Waals surface area (Å²) >= 11 is 3.37. The van der Waals surface area contributed by atoms with Gasteiger partial charge in [0.1, 0.15) is 0 Å². The van der Waals surface area contributed by atoms with Gasteiger partial charge in [-0.15, -0.1) is 0 Å². The van der Waals surface area contributed by atoms with Crippen LogP contribution in [0, 0.1) is 11.3 Å². The lowest BCUT2D eigenvalue weighted by molar-refractivity contribution is 0.180. The number of halogens is 1. The first-order valence-electron chi connectivity index (χ1n) is 4.13. The van der Waals surface area contributed by atoms with Crippen molar-refractivity contribution in [2.45, 2.75) is 6.04 Å². The van der Waals surface area contributed by atoms with Crippen molar-refractivity contribution in [2.24, 2.45) is 5.73 Å². The van der Waals surface area contributed by atoms with Crippen LogP contribution < -0.4 is 5.73 Å². The molecule has 0 unspecified atom stereocenters. The molecule has 0 aliphatic heterocycles. The van der Waals surface area contributed by atoms with E-state index >= 15 is 0 Å². The van der Waals surface area contributed by atoms with E-state index in [1.807, 2.05) is 6.07 Å². The van der Waals surface area contributed by atoms with E-state index in [9.17, 15) is 0 Å². The van der Waals surface area contributed by atoms with Crippen molar-refractivity contribution >= 4 is 15.9 Å². The van der Waals surface area contributed by atoms with Gasteiger partial charge in [-0.3, -0.25) is 0 Å². The van der Waals surface area contributed by atoms with Crippen LogP contribution in [0.5, 0.6) is 0 Å². The third-order valence-electron chi connectivity index (χ3n) is 1.88. The summed E-state index contributed by atoms with van der Waals surface area (Å²) in [5.41, 5.74) is 7.43. The molecule has 0 saturated carbocycles. The fourth-order valence-corrected chi connectivity index (χ4v) is 1.84. The summed E-state index contributed by atoms with van der Waals surface area (Å²) in [7, 11) is 1.61. The van der Waals surface area contributed by atoms with E-state index in [0.29, 0.717) is 12.2 Å². The summed E-state index contributed by atoms with van der Waals surface area (Å²) in [4.78, 5) is 0. The molecule has 1 aromatic rings. The lowest BCUT2D eigenvalue weighted by atomic mass is 10.1. The van der Waals surface area contributed by atoms with Gasteiger partial charge in [-0.05, 0) is 17.7 Å². The van der Waals surface area contributed by atoms with Gasteiger partial charge in [0, 0.05) is 11.6 Å². The molecule has 4 heteroatoms. The Labute approximate surface area is 91.6 Å². The third kappa shape index (κ3) is 2.55. The Morgan fingerprint density at radius 3 is 2.86 bits per heavy atom. The van der Waals surface area contributed by atoms with E-state index in [0.717, 1.165) is 10.0 Å². The number of rotatable bonds is 3. The van der Waals surface area contributed by atoms with Gasteiger partial charge < -0.3 is 10.5 Å². The largest absolute Gasteiger partial charge is 0.383 e. The standard InChI is InChI=1S/C10H11BrN2O/c1-14-6-10(13)8-3-2-7(5-12)4-9(8)11/h2-4,10H,6,13H2,1H3/t10-/m1/s1. The molecule has 0 radical (unpaired) electrons. The molecule has 0 spiro atoms. The second-order valence-corrected chi connectivity index (χ2v) is 3.76. The predicted molar refractivity (Wildman–Crippen MR) is 57.7 cm³/mol. The van der Waals surface area contributed by atoms with Gasteiger partial charge in [0.2, 0.25) is 0 Å². The molecule has 0 aliphatic rings. The van der Waals surface area contributed by atoms with E-state index in [-0.39, 0.29) is 6.04 Å². The highest BCUT2D eigenvalue weighted by Gasteiger charge is 2.09. The van der Waals surface area contributed by atoms with Crippen molar-refractivity contribution in [3.63, 3.8) is 0 Å². The van der Waals surface area contributed by atoms with Crippen LogP contribution in [0.15, 0.2) is 22.7 Å². The minimum atomic E-state index is -0.165. The normalized spacial score (nSPS) is 12.1. The topological polar surface area (TPSA) is 59.0 Å². The van der Waals surface area contributed by atoms with Crippen molar-refractivity contribution in [3.05, 3.63) is 33.8 Å². The highest BCUT2D eigenvalue weighted by Crippen LogP contribution is 2.23. The molecular formula is C10H11BrN2O. The number of nitriles is 1. The van der Waals surface area contributed by atoms with Gasteiger partial charge in [-0.1, -0.05) is 22.0 Å². The van der Waals surface area contributed by atoms with E-state index < -0.39 is 0 Å². The maximum absolute atomic E-state index is 8.67. The molecule has 1 rings (SSSR count). The summed E-state index contributed by atoms with van der Waals surface area (Å²) < 4.78 is 5.81. The Bertz CT molecular complexity index is 360. The average molecular weight is 255 g/mol. The first-order valence-corrected chi connectivity index (χ1v) is 4.92. The van der Waals surface area contributed by atoms with Crippen molar-refractivity contribution < 1.29 is 4.74 Å². The lowest BCUT2D eigenvalue weighted by Crippen LogP contribution is -2.16. The molecule has 1 aromatic carbocycles. The van der Waals surface area contributed by atoms with Crippen molar-refractivity contribution in [2.75, 3.05) is 13.7 Å². The van der Waals surface area contributed by atoms with Crippen LogP contribution in [-0.4, -0.2) is 13.7 Å². The van der Waals surface area contributed by atoms with Crippen molar-refractivity contribution in [1.29, 1.82) is 5.26 Å². The van der Waals surface area contributed by atoms with E-state index in [2.05, 4.69) is 22.0 Å². The summed E-state index contributed by atoms with van der Waals surface area (Å²) in [5, 5.41) is 8.67. The quantitative estimate of drug-likeness (QED) is 0.898. The maximum atomic E-state index is 8.67. The van der Waals surface area contributed by atoms with E-state index in [1.54, 1.807) is 19.2 Å². The smallest absolute Gasteiger partial charge is 0.0992 e. The van der Waals surface area contributed by atoms with Crippen LogP contribution in [0.1, 0.15) is 17.2 Å². The molecule has 14 heavy (non-hydrogen) atoms. The zero-order chi connectivity index (χ0) is 10.6. The monoisotopic (exact) mass is 254 g/mol. The molecule has 74 valence electrons. The lowest BCUT2D eigenvalue weighted by Gasteiger charge is -2.12. The van der Waals surface area contributed by atoms with Gasteiger partial charge >= 0.3 is 0 Å². The fraction of sp³-hybridized carbons (Fsp3) is 0.300. The van der Waals surface area contributed by atoms with Gasteiger partial charge in [-0.2, -0.15) is 5.26 Å². The van der Waals surface area contributed by atoms with E-state index in [1.165, 1.54) is 0 Å². The Kier molecular flexibility index (Phi) is 4.08. The van der Waals surface area contributed by atoms with Gasteiger partial charge in [0.05, 0.1) is 24.3 Å². The Hall–Kier alpha value is -0.890. The summed E-state index contributed by atoms with van der Waals surface area (Å²) in [6, 6.07) is 7.24. The Morgan fingerprint density at radius 2 is 2.36 bits per heavy atom. The number of nitrogens with zero attached hydrogens (tertiary/aromatic N) is 1. The van der Waals surface area contributed by atoms with Crippen LogP contribution in [-0.2, 0) is 4.74 Å². The summed E-state index contributed by atoms with van der Waals surface area (Å²) in [6.45, 7) is 0.463. The van der Waals surface area contributed by atoms with Crippen molar-refractivity contribution in [3.8, 4) is 6.07 Å². The van der Waals surface area contributed by atoms with Crippen LogP contribution in [0.25, 0.3) is 0 Å². The molecule has 3 nitrogen and oxygen atoms in total. The zero-order valence-corrected chi connectivity index (χ0v) is 9.41. The van der Waals surface area contributed by atoms with Crippen molar-refractivity contribution in [1.82, 2.24) is 0 Å². The molecule has 0 aliphatic carbocycles. The average Bonchev–Trinajstić information content (AvgIpc) is 2.17. The number of nitrogens with two attached hydrogens (primary N) is 1. The Morgan fingerprint density at radius 1 is 1.64 bits per heavy atom. The molecule has 0 fully saturated rings. The van der Waals surface area contributed by atoms with Crippen LogP contribution in [0.3, 0.4) is 0 Å². The predicted octanol–water partition coefficient (Wildman–Crippen LogP) is 1.97. The summed E-state index contributed by atoms with van der Waals surface area (Å²) in [6.07, 6.45) is 0. The zero-order valence-electron chi connectivity index (χ0n) is 7.83. The van der Waals surface area contributed by atoms with Crippen LogP contribution in [0.2, 0.25) is 0 Å². The van der Waals surface area contributed by atoms with Gasteiger partial charge in [0.25, 0.3) is 0 Å². The molecule has 0 bridgehead atoms. The molecule has 0 amide bonds. The van der Waals surface area contributed by atoms with Gasteiger partial charge in [0.15, 0.2) is 0 Å². The number of ether oxygens (including phenoxy) is 1. The minimum absolute atomic E-state index is 0.165. The van der Waals surface area contributed by atoms with Gasteiger partial charge in [-0.25, -0.2) is 0 Å². The van der Waals surface area contributed by atoms with E-state index in [4.69, 9.17) is 15.7 Å². The molecule has 0 heterocycles. The number of hydrogen-bond donors (Lipinski definition) is 1. The minimum Gasteiger partial charge on any atom is -0.383 e. The SMILES string of the molecule is COC[C@@H](N)c1ccc(C#N)cc1Br. The number of hydrogen-bond acceptors (Lipinski definition) is 3. The maximum Gasteiger partial charge on any atom is 0.0992 e. The highest BCUT2D eigenvalue weighted by atomic mass is 79.9. The fourth-order valence-electron chi connectivity index (χ4n) is 1.17. The highest BCUT2D eigenvalue weighted by molar-refractivity contribution is 9.10.